The van der Waals surface area contributed by atoms with Crippen molar-refractivity contribution in [1.82, 2.24) is 14.6 Å². The van der Waals surface area contributed by atoms with Crippen molar-refractivity contribution in [2.75, 3.05) is 14.1 Å². The van der Waals surface area contributed by atoms with Gasteiger partial charge in [-0.25, -0.2) is 13.4 Å². The topological polar surface area (TPSA) is 62.3 Å². The number of hydrogen-bond donors (Lipinski definition) is 1. The molecule has 110 valence electrons. The first-order chi connectivity index (χ1) is 9.45. The molecule has 0 aromatic carbocycles. The Bertz CT molecular complexity index is 676. The molecular formula is C12H17N3O2S3. The second-order valence-electron chi connectivity index (χ2n) is 4.37. The Hall–Kier alpha value is -0.800. The van der Waals surface area contributed by atoms with Gasteiger partial charge in [0, 0.05) is 29.9 Å². The Kier molecular flexibility index (Phi) is 4.92. The Morgan fingerprint density at radius 1 is 1.40 bits per heavy atom. The molecule has 0 aliphatic heterocycles. The van der Waals surface area contributed by atoms with E-state index >= 15 is 0 Å². The van der Waals surface area contributed by atoms with Crippen LogP contribution in [0.1, 0.15) is 15.4 Å². The summed E-state index contributed by atoms with van der Waals surface area (Å²) < 4.78 is 26.7. The fourth-order valence-corrected chi connectivity index (χ4v) is 5.31. The summed E-state index contributed by atoms with van der Waals surface area (Å²) in [5, 5.41) is 3.02. The van der Waals surface area contributed by atoms with Crippen LogP contribution < -0.4 is 5.32 Å². The molecule has 0 aliphatic rings. The maximum atomic E-state index is 12.5. The number of thiazole rings is 1. The molecule has 20 heavy (non-hydrogen) atoms. The van der Waals surface area contributed by atoms with Crippen LogP contribution in [0.5, 0.6) is 0 Å². The lowest BCUT2D eigenvalue weighted by Crippen LogP contribution is -2.25. The maximum Gasteiger partial charge on any atom is 0.252 e. The molecule has 2 heterocycles. The van der Waals surface area contributed by atoms with Crippen molar-refractivity contribution in [3.05, 3.63) is 33.1 Å². The fraction of sp³-hybridized carbons (Fsp3) is 0.417. The highest BCUT2D eigenvalue weighted by atomic mass is 32.2. The van der Waals surface area contributed by atoms with Crippen LogP contribution in [0.25, 0.3) is 0 Å². The third-order valence-corrected chi connectivity index (χ3v) is 7.14. The Balaban J connectivity index is 2.18. The Morgan fingerprint density at radius 3 is 2.75 bits per heavy atom. The van der Waals surface area contributed by atoms with Crippen LogP contribution in [0.2, 0.25) is 0 Å². The predicted octanol–water partition coefficient (Wildman–Crippen LogP) is 2.05. The molecule has 0 saturated heterocycles. The third kappa shape index (κ3) is 3.26. The number of aryl methyl sites for hydroxylation is 1. The first kappa shape index (κ1) is 15.6. The van der Waals surface area contributed by atoms with Gasteiger partial charge in [0.05, 0.1) is 11.2 Å². The zero-order valence-corrected chi connectivity index (χ0v) is 14.0. The van der Waals surface area contributed by atoms with Crippen LogP contribution in [0, 0.1) is 6.92 Å². The van der Waals surface area contributed by atoms with E-state index in [1.54, 1.807) is 18.6 Å². The smallest absolute Gasteiger partial charge is 0.252 e. The number of rotatable bonds is 6. The van der Waals surface area contributed by atoms with E-state index in [9.17, 15) is 8.42 Å². The normalized spacial score (nSPS) is 12.2. The van der Waals surface area contributed by atoms with Crippen LogP contribution in [0.3, 0.4) is 0 Å². The third-order valence-electron chi connectivity index (χ3n) is 2.86. The summed E-state index contributed by atoms with van der Waals surface area (Å²) in [6.45, 7) is 2.93. The molecule has 0 radical (unpaired) electrons. The number of nitrogens with zero attached hydrogens (tertiary/aromatic N) is 2. The SMILES string of the molecule is CNCc1ccc(S(=O)(=O)N(C)Cc2scnc2C)s1. The van der Waals surface area contributed by atoms with E-state index in [4.69, 9.17) is 0 Å². The molecule has 0 bridgehead atoms. The Morgan fingerprint density at radius 2 is 2.15 bits per heavy atom. The minimum atomic E-state index is -3.43. The zero-order valence-electron chi connectivity index (χ0n) is 11.6. The standard InChI is InChI=1S/C12H17N3O2S3/c1-9-11(18-8-14-9)7-15(3)20(16,17)12-5-4-10(19-12)6-13-2/h4-5,8,13H,6-7H2,1-3H3. The largest absolute Gasteiger partial charge is 0.315 e. The van der Waals surface area contributed by atoms with Gasteiger partial charge in [-0.1, -0.05) is 0 Å². The van der Waals surface area contributed by atoms with E-state index in [-0.39, 0.29) is 0 Å². The molecule has 1 N–H and O–H groups in total. The molecular weight excluding hydrogens is 314 g/mol. The van der Waals surface area contributed by atoms with Crippen molar-refractivity contribution in [2.24, 2.45) is 0 Å². The second-order valence-corrected chi connectivity index (χ2v) is 8.75. The van der Waals surface area contributed by atoms with E-state index in [0.29, 0.717) is 17.3 Å². The van der Waals surface area contributed by atoms with Crippen LogP contribution in [0.15, 0.2) is 21.9 Å². The molecule has 0 saturated carbocycles. The van der Waals surface area contributed by atoms with Gasteiger partial charge in [-0.3, -0.25) is 0 Å². The van der Waals surface area contributed by atoms with Crippen molar-refractivity contribution in [3.63, 3.8) is 0 Å². The zero-order chi connectivity index (χ0) is 14.8. The van der Waals surface area contributed by atoms with Crippen molar-refractivity contribution >= 4 is 32.7 Å². The van der Waals surface area contributed by atoms with Gasteiger partial charge in [-0.2, -0.15) is 4.31 Å². The summed E-state index contributed by atoms with van der Waals surface area (Å²) in [7, 11) is 0.0167. The highest BCUT2D eigenvalue weighted by molar-refractivity contribution is 7.91. The summed E-state index contributed by atoms with van der Waals surface area (Å²) in [6, 6.07) is 3.52. The summed E-state index contributed by atoms with van der Waals surface area (Å²) in [5.74, 6) is 0. The van der Waals surface area contributed by atoms with E-state index in [1.807, 2.05) is 20.0 Å². The van der Waals surface area contributed by atoms with Crippen molar-refractivity contribution < 1.29 is 8.42 Å². The van der Waals surface area contributed by atoms with E-state index in [0.717, 1.165) is 15.4 Å². The van der Waals surface area contributed by atoms with Gasteiger partial charge >= 0.3 is 0 Å². The van der Waals surface area contributed by atoms with Crippen molar-refractivity contribution in [2.45, 2.75) is 24.2 Å². The van der Waals surface area contributed by atoms with Crippen molar-refractivity contribution in [1.29, 1.82) is 0 Å². The highest BCUT2D eigenvalue weighted by Gasteiger charge is 2.23. The summed E-state index contributed by atoms with van der Waals surface area (Å²) in [6.07, 6.45) is 0. The van der Waals surface area contributed by atoms with Gasteiger partial charge in [0.15, 0.2) is 0 Å². The molecule has 0 aliphatic carbocycles. The molecule has 2 aromatic rings. The molecule has 0 spiro atoms. The van der Waals surface area contributed by atoms with E-state index < -0.39 is 10.0 Å². The summed E-state index contributed by atoms with van der Waals surface area (Å²) >= 11 is 2.78. The first-order valence-corrected chi connectivity index (χ1v) is 9.17. The number of aromatic nitrogens is 1. The first-order valence-electron chi connectivity index (χ1n) is 6.03. The molecule has 5 nitrogen and oxygen atoms in total. The van der Waals surface area contributed by atoms with Crippen LogP contribution >= 0.6 is 22.7 Å². The molecule has 0 fully saturated rings. The second kappa shape index (κ2) is 6.31. The minimum absolute atomic E-state index is 0.359. The van der Waals surface area contributed by atoms with Gasteiger partial charge in [0.2, 0.25) is 0 Å². The average molecular weight is 331 g/mol. The van der Waals surface area contributed by atoms with E-state index in [2.05, 4.69) is 10.3 Å². The van der Waals surface area contributed by atoms with Gasteiger partial charge in [-0.15, -0.1) is 22.7 Å². The lowest BCUT2D eigenvalue weighted by Gasteiger charge is -2.15. The Labute approximate surface area is 127 Å². The van der Waals surface area contributed by atoms with Gasteiger partial charge < -0.3 is 5.32 Å². The molecule has 0 atom stereocenters. The number of thiophene rings is 1. The van der Waals surface area contributed by atoms with Gasteiger partial charge in [0.1, 0.15) is 4.21 Å². The minimum Gasteiger partial charge on any atom is -0.315 e. The quantitative estimate of drug-likeness (QED) is 0.880. The number of hydrogen-bond acceptors (Lipinski definition) is 6. The molecule has 0 amide bonds. The van der Waals surface area contributed by atoms with Crippen LogP contribution in [0.4, 0.5) is 0 Å². The molecule has 2 aromatic heterocycles. The molecule has 8 heteroatoms. The predicted molar refractivity (Wildman–Crippen MR) is 82.6 cm³/mol. The monoisotopic (exact) mass is 331 g/mol. The lowest BCUT2D eigenvalue weighted by molar-refractivity contribution is 0.470. The van der Waals surface area contributed by atoms with E-state index in [1.165, 1.54) is 27.0 Å². The average Bonchev–Trinajstić information content (AvgIpc) is 3.00. The molecule has 2 rings (SSSR count). The van der Waals surface area contributed by atoms with Crippen molar-refractivity contribution in [3.8, 4) is 0 Å². The summed E-state index contributed by atoms with van der Waals surface area (Å²) in [5.41, 5.74) is 2.63. The van der Waals surface area contributed by atoms with Crippen LogP contribution in [-0.2, 0) is 23.1 Å². The highest BCUT2D eigenvalue weighted by Crippen LogP contribution is 2.26. The summed E-state index contributed by atoms with van der Waals surface area (Å²) in [4.78, 5) is 6.13. The molecule has 0 unspecified atom stereocenters. The lowest BCUT2D eigenvalue weighted by atomic mass is 10.4. The van der Waals surface area contributed by atoms with Gasteiger partial charge in [-0.05, 0) is 26.1 Å². The van der Waals surface area contributed by atoms with Crippen LogP contribution in [-0.4, -0.2) is 31.8 Å². The number of sulfonamides is 1. The van der Waals surface area contributed by atoms with Gasteiger partial charge in [0.25, 0.3) is 10.0 Å². The maximum absolute atomic E-state index is 12.5. The fourth-order valence-electron chi connectivity index (χ4n) is 1.68. The number of nitrogens with one attached hydrogen (secondary N) is 1.